The van der Waals surface area contributed by atoms with E-state index in [0.29, 0.717) is 6.61 Å². The minimum absolute atomic E-state index is 0.221. The highest BCUT2D eigenvalue weighted by Gasteiger charge is 2.20. The smallest absolute Gasteiger partial charge is 0.319 e. The predicted molar refractivity (Wildman–Crippen MR) is 99.5 cm³/mol. The summed E-state index contributed by atoms with van der Waals surface area (Å²) in [4.78, 5) is 21.6. The fourth-order valence-electron chi connectivity index (χ4n) is 2.36. The van der Waals surface area contributed by atoms with Crippen LogP contribution in [0.4, 0.5) is 0 Å². The van der Waals surface area contributed by atoms with Gasteiger partial charge >= 0.3 is 5.97 Å². The van der Waals surface area contributed by atoms with Crippen LogP contribution in [-0.2, 0) is 9.53 Å². The van der Waals surface area contributed by atoms with Crippen LogP contribution in [0.25, 0.3) is 21.3 Å². The lowest BCUT2D eigenvalue weighted by Crippen LogP contribution is -2.16. The molecule has 0 aliphatic heterocycles. The number of benzene rings is 1. The molecule has 0 saturated carbocycles. The van der Waals surface area contributed by atoms with Crippen molar-refractivity contribution in [1.82, 2.24) is 9.97 Å². The van der Waals surface area contributed by atoms with Gasteiger partial charge in [0.15, 0.2) is 0 Å². The standard InChI is InChI=1S/C18H18N2O2S2/c1-4-22-18(21)12(3)24-17-15-14(9-23-16(15)19-10-20-17)13-7-5-11(2)6-8-13/h5-10,12H,4H2,1-3H3/t12-/m1/s1. The average molecular weight is 358 g/mol. The Balaban J connectivity index is 2.01. The van der Waals surface area contributed by atoms with Crippen molar-refractivity contribution in [3.63, 3.8) is 0 Å². The number of thioether (sulfide) groups is 1. The number of thiophene rings is 1. The Morgan fingerprint density at radius 3 is 2.75 bits per heavy atom. The predicted octanol–water partition coefficient (Wildman–Crippen LogP) is 4.71. The first-order chi connectivity index (χ1) is 11.6. The molecule has 2 heterocycles. The molecule has 0 fully saturated rings. The molecule has 0 amide bonds. The number of hydrogen-bond acceptors (Lipinski definition) is 6. The quantitative estimate of drug-likeness (QED) is 0.375. The molecule has 0 aliphatic rings. The summed E-state index contributed by atoms with van der Waals surface area (Å²) in [5, 5.41) is 3.61. The number of nitrogens with zero attached hydrogens (tertiary/aromatic N) is 2. The molecule has 0 saturated heterocycles. The summed E-state index contributed by atoms with van der Waals surface area (Å²) < 4.78 is 5.10. The van der Waals surface area contributed by atoms with Gasteiger partial charge < -0.3 is 4.74 Å². The van der Waals surface area contributed by atoms with Crippen LogP contribution < -0.4 is 0 Å². The average Bonchev–Trinajstić information content (AvgIpc) is 3.01. The van der Waals surface area contributed by atoms with Crippen LogP contribution in [0.15, 0.2) is 41.0 Å². The molecule has 0 N–H and O–H groups in total. The van der Waals surface area contributed by atoms with E-state index < -0.39 is 0 Å². The summed E-state index contributed by atoms with van der Waals surface area (Å²) >= 11 is 3.01. The fraction of sp³-hybridized carbons (Fsp3) is 0.278. The van der Waals surface area contributed by atoms with E-state index in [1.165, 1.54) is 17.3 Å². The molecule has 0 bridgehead atoms. The molecule has 0 radical (unpaired) electrons. The minimum atomic E-state index is -0.311. The van der Waals surface area contributed by atoms with Gasteiger partial charge in [-0.15, -0.1) is 11.3 Å². The van der Waals surface area contributed by atoms with Crippen molar-refractivity contribution in [3.05, 3.63) is 41.5 Å². The minimum Gasteiger partial charge on any atom is -0.465 e. The third kappa shape index (κ3) is 3.44. The number of aromatic nitrogens is 2. The number of rotatable bonds is 5. The van der Waals surface area contributed by atoms with E-state index in [9.17, 15) is 4.79 Å². The summed E-state index contributed by atoms with van der Waals surface area (Å²) in [6.07, 6.45) is 1.55. The van der Waals surface area contributed by atoms with Crippen LogP contribution >= 0.6 is 23.1 Å². The van der Waals surface area contributed by atoms with Gasteiger partial charge in [-0.1, -0.05) is 41.6 Å². The van der Waals surface area contributed by atoms with Crippen molar-refractivity contribution < 1.29 is 9.53 Å². The maximum Gasteiger partial charge on any atom is 0.319 e. The molecule has 3 rings (SSSR count). The number of esters is 1. The summed E-state index contributed by atoms with van der Waals surface area (Å²) in [5.41, 5.74) is 3.46. The molecule has 1 aromatic carbocycles. The normalized spacial score (nSPS) is 12.3. The first-order valence-electron chi connectivity index (χ1n) is 7.72. The van der Waals surface area contributed by atoms with Gasteiger partial charge in [-0.2, -0.15) is 0 Å². The Hall–Kier alpha value is -1.92. The molecule has 1 atom stereocenters. The van der Waals surface area contributed by atoms with Gasteiger partial charge in [0.1, 0.15) is 21.4 Å². The van der Waals surface area contributed by atoms with Crippen molar-refractivity contribution in [3.8, 4) is 11.1 Å². The lowest BCUT2D eigenvalue weighted by molar-refractivity contribution is -0.142. The molecule has 3 aromatic rings. The van der Waals surface area contributed by atoms with Gasteiger partial charge in [0.05, 0.1) is 12.0 Å². The Kier molecular flexibility index (Phi) is 5.16. The number of fused-ring (bicyclic) bond motifs is 1. The van der Waals surface area contributed by atoms with Crippen LogP contribution in [0.2, 0.25) is 0 Å². The Bertz CT molecular complexity index is 859. The zero-order valence-electron chi connectivity index (χ0n) is 13.8. The van der Waals surface area contributed by atoms with Crippen LogP contribution in [0.3, 0.4) is 0 Å². The summed E-state index contributed by atoms with van der Waals surface area (Å²) in [6.45, 7) is 6.11. The highest BCUT2D eigenvalue weighted by atomic mass is 32.2. The van der Waals surface area contributed by atoms with E-state index in [-0.39, 0.29) is 11.2 Å². The second-order valence-corrected chi connectivity index (χ2v) is 7.57. The van der Waals surface area contributed by atoms with Gasteiger partial charge in [0.25, 0.3) is 0 Å². The molecule has 124 valence electrons. The van der Waals surface area contributed by atoms with Crippen molar-refractivity contribution in [2.45, 2.75) is 31.0 Å². The van der Waals surface area contributed by atoms with E-state index >= 15 is 0 Å². The van der Waals surface area contributed by atoms with Crippen molar-refractivity contribution in [1.29, 1.82) is 0 Å². The van der Waals surface area contributed by atoms with Crippen LogP contribution in [0.5, 0.6) is 0 Å². The molecule has 6 heteroatoms. The van der Waals surface area contributed by atoms with Gasteiger partial charge in [-0.05, 0) is 26.3 Å². The lowest BCUT2D eigenvalue weighted by Gasteiger charge is -2.11. The van der Waals surface area contributed by atoms with Crippen LogP contribution in [0, 0.1) is 6.92 Å². The van der Waals surface area contributed by atoms with E-state index in [0.717, 1.165) is 26.4 Å². The lowest BCUT2D eigenvalue weighted by atomic mass is 10.1. The number of ether oxygens (including phenoxy) is 1. The van der Waals surface area contributed by atoms with Gasteiger partial charge in [-0.25, -0.2) is 9.97 Å². The Morgan fingerprint density at radius 1 is 1.29 bits per heavy atom. The second-order valence-electron chi connectivity index (χ2n) is 5.39. The maximum atomic E-state index is 11.9. The van der Waals surface area contributed by atoms with E-state index in [1.54, 1.807) is 17.7 Å². The topological polar surface area (TPSA) is 52.1 Å². The SMILES string of the molecule is CCOC(=O)[C@@H](C)Sc1ncnc2scc(-c3ccc(C)cc3)c12. The van der Waals surface area contributed by atoms with Crippen LogP contribution in [-0.4, -0.2) is 27.8 Å². The Morgan fingerprint density at radius 2 is 2.04 bits per heavy atom. The fourth-order valence-corrected chi connectivity index (χ4v) is 4.27. The molecule has 2 aromatic heterocycles. The molecule has 24 heavy (non-hydrogen) atoms. The van der Waals surface area contributed by atoms with E-state index in [2.05, 4.69) is 46.5 Å². The molecule has 4 nitrogen and oxygen atoms in total. The molecular formula is C18H18N2O2S2. The zero-order chi connectivity index (χ0) is 17.1. The highest BCUT2D eigenvalue weighted by Crippen LogP contribution is 2.39. The summed E-state index contributed by atoms with van der Waals surface area (Å²) in [6, 6.07) is 8.40. The number of hydrogen-bond donors (Lipinski definition) is 0. The molecule has 0 unspecified atom stereocenters. The largest absolute Gasteiger partial charge is 0.465 e. The third-order valence-corrected chi connectivity index (χ3v) is 5.57. The third-order valence-electron chi connectivity index (χ3n) is 3.60. The number of carbonyl (C=O) groups is 1. The first-order valence-corrected chi connectivity index (χ1v) is 9.48. The summed E-state index contributed by atoms with van der Waals surface area (Å²) in [5.74, 6) is -0.221. The summed E-state index contributed by atoms with van der Waals surface area (Å²) in [7, 11) is 0. The van der Waals surface area contributed by atoms with Gasteiger partial charge in [-0.3, -0.25) is 4.79 Å². The zero-order valence-corrected chi connectivity index (χ0v) is 15.4. The van der Waals surface area contributed by atoms with Gasteiger partial charge in [0, 0.05) is 10.9 Å². The molecular weight excluding hydrogens is 340 g/mol. The second kappa shape index (κ2) is 7.32. The van der Waals surface area contributed by atoms with Crippen molar-refractivity contribution in [2.24, 2.45) is 0 Å². The van der Waals surface area contributed by atoms with Gasteiger partial charge in [0.2, 0.25) is 0 Å². The van der Waals surface area contributed by atoms with Crippen molar-refractivity contribution >= 4 is 39.3 Å². The maximum absolute atomic E-state index is 11.9. The van der Waals surface area contributed by atoms with E-state index in [1.807, 2.05) is 13.8 Å². The van der Waals surface area contributed by atoms with Crippen molar-refractivity contribution in [2.75, 3.05) is 6.61 Å². The van der Waals surface area contributed by atoms with E-state index in [4.69, 9.17) is 4.74 Å². The van der Waals surface area contributed by atoms with Crippen LogP contribution in [0.1, 0.15) is 19.4 Å². The Labute approximate surface area is 149 Å². The highest BCUT2D eigenvalue weighted by molar-refractivity contribution is 8.00. The monoisotopic (exact) mass is 358 g/mol. The first kappa shape index (κ1) is 16.9. The molecule has 0 spiro atoms. The molecule has 0 aliphatic carbocycles. The number of aryl methyl sites for hydroxylation is 1. The number of carbonyl (C=O) groups excluding carboxylic acids is 1.